The lowest BCUT2D eigenvalue weighted by Gasteiger charge is -2.35. The lowest BCUT2D eigenvalue weighted by molar-refractivity contribution is 0.0697. The first kappa shape index (κ1) is 16.2. The number of sulfone groups is 1. The summed E-state index contributed by atoms with van der Waals surface area (Å²) in [7, 11) is -3.15. The highest BCUT2D eigenvalue weighted by Gasteiger charge is 2.36. The van der Waals surface area contributed by atoms with Crippen molar-refractivity contribution in [2.45, 2.75) is 26.4 Å². The molecule has 8 heteroatoms. The predicted octanol–water partition coefficient (Wildman–Crippen LogP) is 1.88. The van der Waals surface area contributed by atoms with Gasteiger partial charge in [0, 0.05) is 30.2 Å². The summed E-state index contributed by atoms with van der Waals surface area (Å²) in [6.07, 6.45) is 3.49. The van der Waals surface area contributed by atoms with E-state index in [1.54, 1.807) is 15.8 Å². The molecule has 3 rings (SSSR count). The summed E-state index contributed by atoms with van der Waals surface area (Å²) in [5.41, 5.74) is 2.36. The van der Waals surface area contributed by atoms with E-state index in [0.717, 1.165) is 11.1 Å². The summed E-state index contributed by atoms with van der Waals surface area (Å²) in [6, 6.07) is -0.471. The van der Waals surface area contributed by atoms with Gasteiger partial charge in [0.25, 0.3) is 5.91 Å². The van der Waals surface area contributed by atoms with Crippen LogP contribution in [0.15, 0.2) is 23.2 Å². The van der Waals surface area contributed by atoms with E-state index in [-0.39, 0.29) is 24.0 Å². The molecule has 23 heavy (non-hydrogen) atoms. The zero-order valence-corrected chi connectivity index (χ0v) is 14.7. The van der Waals surface area contributed by atoms with Crippen LogP contribution in [0.4, 0.5) is 0 Å². The third kappa shape index (κ3) is 3.18. The predicted molar refractivity (Wildman–Crippen MR) is 89.4 cm³/mol. The lowest BCUT2D eigenvalue weighted by Crippen LogP contribution is -2.46. The minimum atomic E-state index is -3.15. The van der Waals surface area contributed by atoms with Crippen molar-refractivity contribution in [2.24, 2.45) is 0 Å². The molecule has 0 unspecified atom stereocenters. The Morgan fingerprint density at radius 2 is 2.22 bits per heavy atom. The van der Waals surface area contributed by atoms with Gasteiger partial charge in [-0.05, 0) is 24.8 Å². The summed E-state index contributed by atoms with van der Waals surface area (Å²) in [6.45, 7) is 4.79. The number of nitrogens with zero attached hydrogens (tertiary/aromatic N) is 3. The minimum absolute atomic E-state index is 0.0142. The average Bonchev–Trinajstić information content (AvgIpc) is 3.14. The summed E-state index contributed by atoms with van der Waals surface area (Å²) in [4.78, 5) is 14.5. The van der Waals surface area contributed by atoms with Crippen molar-refractivity contribution in [3.8, 4) is 0 Å². The van der Waals surface area contributed by atoms with Crippen molar-refractivity contribution in [1.29, 1.82) is 0 Å². The van der Waals surface area contributed by atoms with Crippen molar-refractivity contribution < 1.29 is 13.2 Å². The zero-order valence-electron chi connectivity index (χ0n) is 13.1. The van der Waals surface area contributed by atoms with Crippen LogP contribution >= 0.6 is 11.3 Å². The van der Waals surface area contributed by atoms with Gasteiger partial charge >= 0.3 is 0 Å². The van der Waals surface area contributed by atoms with Gasteiger partial charge in [0.2, 0.25) is 0 Å². The molecule has 6 nitrogen and oxygen atoms in total. The number of carbonyl (C=O) groups excluding carboxylic acids is 1. The summed E-state index contributed by atoms with van der Waals surface area (Å²) < 4.78 is 25.9. The van der Waals surface area contributed by atoms with Crippen LogP contribution in [0, 0.1) is 6.92 Å². The molecule has 1 fully saturated rings. The first-order valence-electron chi connectivity index (χ1n) is 7.48. The molecule has 1 saturated heterocycles. The van der Waals surface area contributed by atoms with Crippen LogP contribution in [0.5, 0.6) is 0 Å². The average molecular weight is 353 g/mol. The monoisotopic (exact) mass is 353 g/mol. The van der Waals surface area contributed by atoms with Gasteiger partial charge in [-0.1, -0.05) is 0 Å². The van der Waals surface area contributed by atoms with Gasteiger partial charge < -0.3 is 4.90 Å². The molecular weight excluding hydrogens is 334 g/mol. The van der Waals surface area contributed by atoms with E-state index < -0.39 is 15.9 Å². The maximum Gasteiger partial charge on any atom is 0.255 e. The van der Waals surface area contributed by atoms with E-state index in [1.807, 2.05) is 30.8 Å². The van der Waals surface area contributed by atoms with Gasteiger partial charge in [-0.15, -0.1) is 0 Å². The fourth-order valence-electron chi connectivity index (χ4n) is 2.79. The molecule has 1 amide bonds. The van der Waals surface area contributed by atoms with Crippen LogP contribution in [0.2, 0.25) is 0 Å². The lowest BCUT2D eigenvalue weighted by atomic mass is 10.1. The van der Waals surface area contributed by atoms with E-state index in [2.05, 4.69) is 5.10 Å². The van der Waals surface area contributed by atoms with Crippen molar-refractivity contribution in [3.05, 3.63) is 39.8 Å². The number of hydrogen-bond donors (Lipinski definition) is 0. The molecule has 0 saturated carbocycles. The van der Waals surface area contributed by atoms with Crippen LogP contribution < -0.4 is 0 Å². The number of aromatic nitrogens is 2. The number of carbonyl (C=O) groups is 1. The van der Waals surface area contributed by atoms with E-state index in [9.17, 15) is 13.2 Å². The molecule has 0 spiro atoms. The maximum absolute atomic E-state index is 12.9. The Kier molecular flexibility index (Phi) is 4.29. The molecule has 2 aromatic heterocycles. The molecule has 2 aromatic rings. The highest BCUT2D eigenvalue weighted by molar-refractivity contribution is 7.91. The standard InChI is InChI=1S/C15H19N3O3S2/c1-3-17-7-12(6-16-17)14-10-23(20,21)5-4-18(14)15(19)13-9-22-8-11(13)2/h6-9,14H,3-5,10H2,1-2H3/t14-/m0/s1. The van der Waals surface area contributed by atoms with E-state index >= 15 is 0 Å². The number of thiophene rings is 1. The normalized spacial score (nSPS) is 20.6. The van der Waals surface area contributed by atoms with Crippen molar-refractivity contribution in [1.82, 2.24) is 14.7 Å². The fraction of sp³-hybridized carbons (Fsp3) is 0.467. The maximum atomic E-state index is 12.9. The molecule has 0 radical (unpaired) electrons. The second-order valence-electron chi connectivity index (χ2n) is 5.73. The minimum Gasteiger partial charge on any atom is -0.329 e. The van der Waals surface area contributed by atoms with Crippen molar-refractivity contribution >= 4 is 27.1 Å². The molecule has 1 aliphatic heterocycles. The Hall–Kier alpha value is -1.67. The molecule has 0 bridgehead atoms. The second-order valence-corrected chi connectivity index (χ2v) is 8.70. The number of rotatable bonds is 3. The molecule has 0 aliphatic carbocycles. The Labute approximate surface area is 139 Å². The van der Waals surface area contributed by atoms with Gasteiger partial charge in [0.05, 0.1) is 29.3 Å². The van der Waals surface area contributed by atoms with Gasteiger partial charge in [-0.3, -0.25) is 9.48 Å². The molecule has 124 valence electrons. The van der Waals surface area contributed by atoms with Gasteiger partial charge in [0.1, 0.15) is 0 Å². The van der Waals surface area contributed by atoms with Crippen LogP contribution in [0.3, 0.4) is 0 Å². The third-order valence-electron chi connectivity index (χ3n) is 4.14. The molecule has 0 N–H and O–H groups in total. The summed E-state index contributed by atoms with van der Waals surface area (Å²) >= 11 is 1.48. The number of aryl methyl sites for hydroxylation is 2. The highest BCUT2D eigenvalue weighted by atomic mass is 32.2. The van der Waals surface area contributed by atoms with Crippen LogP contribution in [0.25, 0.3) is 0 Å². The molecule has 3 heterocycles. The molecular formula is C15H19N3O3S2. The summed E-state index contributed by atoms with van der Waals surface area (Å²) in [5.74, 6) is -0.134. The third-order valence-corrected chi connectivity index (χ3v) is 6.63. The fourth-order valence-corrected chi connectivity index (χ4v) is 5.10. The largest absolute Gasteiger partial charge is 0.329 e. The topological polar surface area (TPSA) is 72.3 Å². The molecule has 1 atom stereocenters. The number of hydrogen-bond acceptors (Lipinski definition) is 5. The Bertz CT molecular complexity index is 823. The molecule has 0 aromatic carbocycles. The van der Waals surface area contributed by atoms with E-state index in [4.69, 9.17) is 0 Å². The second kappa shape index (κ2) is 6.09. The van der Waals surface area contributed by atoms with Crippen LogP contribution in [0.1, 0.15) is 34.5 Å². The smallest absolute Gasteiger partial charge is 0.255 e. The van der Waals surface area contributed by atoms with Crippen LogP contribution in [-0.2, 0) is 16.4 Å². The quantitative estimate of drug-likeness (QED) is 0.845. The van der Waals surface area contributed by atoms with Crippen molar-refractivity contribution in [3.63, 3.8) is 0 Å². The van der Waals surface area contributed by atoms with Gasteiger partial charge in [0.15, 0.2) is 9.84 Å². The van der Waals surface area contributed by atoms with E-state index in [0.29, 0.717) is 12.1 Å². The van der Waals surface area contributed by atoms with Crippen LogP contribution in [-0.4, -0.2) is 47.1 Å². The first-order valence-corrected chi connectivity index (χ1v) is 10.2. The Balaban J connectivity index is 1.96. The SMILES string of the molecule is CCn1cc([C@@H]2CS(=O)(=O)CCN2C(=O)c2cscc2C)cn1. The Morgan fingerprint density at radius 1 is 1.43 bits per heavy atom. The highest BCUT2D eigenvalue weighted by Crippen LogP contribution is 2.29. The number of amides is 1. The van der Waals surface area contributed by atoms with E-state index in [1.165, 1.54) is 11.3 Å². The van der Waals surface area contributed by atoms with Crippen molar-refractivity contribution in [2.75, 3.05) is 18.1 Å². The summed E-state index contributed by atoms with van der Waals surface area (Å²) in [5, 5.41) is 7.97. The van der Waals surface area contributed by atoms with Gasteiger partial charge in [-0.25, -0.2) is 8.42 Å². The first-order chi connectivity index (χ1) is 10.9. The zero-order chi connectivity index (χ0) is 16.6. The molecule has 1 aliphatic rings. The van der Waals surface area contributed by atoms with Gasteiger partial charge in [-0.2, -0.15) is 16.4 Å². The Morgan fingerprint density at radius 3 is 2.83 bits per heavy atom.